The predicted octanol–water partition coefficient (Wildman–Crippen LogP) is 7.02. The number of likely N-dealkylation sites (N-methyl/N-ethyl adjacent to an activating group) is 1. The van der Waals surface area contributed by atoms with E-state index in [1.807, 2.05) is 26.0 Å². The fourth-order valence-electron chi connectivity index (χ4n) is 11.6. The van der Waals surface area contributed by atoms with Gasteiger partial charge in [-0.05, 0) is 132 Å². The molecule has 12 heteroatoms. The molecule has 3 heterocycles. The normalized spacial score (nSPS) is 41.3. The lowest BCUT2D eigenvalue weighted by Gasteiger charge is -2.44. The van der Waals surface area contributed by atoms with E-state index in [9.17, 15) is 4.79 Å². The van der Waals surface area contributed by atoms with Gasteiger partial charge in [0.25, 0.3) is 0 Å². The van der Waals surface area contributed by atoms with Crippen LogP contribution in [0.5, 0.6) is 5.75 Å². The van der Waals surface area contributed by atoms with Crippen molar-refractivity contribution in [3.05, 3.63) is 47.6 Å². The van der Waals surface area contributed by atoms with Crippen molar-refractivity contribution in [3.8, 4) is 5.75 Å². The van der Waals surface area contributed by atoms with Crippen molar-refractivity contribution in [2.45, 2.75) is 153 Å². The first-order chi connectivity index (χ1) is 28.9. The number of ether oxygens (including phenoxy) is 9. The number of rotatable bonds is 11. The van der Waals surface area contributed by atoms with Crippen LogP contribution >= 0.6 is 0 Å². The predicted molar refractivity (Wildman–Crippen MR) is 226 cm³/mol. The summed E-state index contributed by atoms with van der Waals surface area (Å²) < 4.78 is 56.1. The number of cyclic esters (lactones) is 1. The van der Waals surface area contributed by atoms with Crippen LogP contribution in [-0.4, -0.2) is 127 Å². The molecule has 60 heavy (non-hydrogen) atoms. The number of benzene rings is 1. The molecule has 0 N–H and O–H groups in total. The summed E-state index contributed by atoms with van der Waals surface area (Å²) in [6.07, 6.45) is 7.83. The molecule has 3 aliphatic heterocycles. The van der Waals surface area contributed by atoms with Gasteiger partial charge in [-0.3, -0.25) is 9.59 Å². The van der Waals surface area contributed by atoms with Gasteiger partial charge < -0.3 is 47.5 Å². The van der Waals surface area contributed by atoms with Crippen molar-refractivity contribution >= 4 is 17.3 Å². The van der Waals surface area contributed by atoms with Crippen molar-refractivity contribution in [1.82, 2.24) is 4.90 Å². The third kappa shape index (κ3) is 9.32. The quantitative estimate of drug-likeness (QED) is 0.213. The van der Waals surface area contributed by atoms with Crippen molar-refractivity contribution in [1.29, 1.82) is 0 Å². The molecule has 5 unspecified atom stereocenters. The molecular weight excluding hydrogens is 767 g/mol. The van der Waals surface area contributed by atoms with E-state index in [4.69, 9.17) is 42.6 Å². The summed E-state index contributed by atoms with van der Waals surface area (Å²) in [5.74, 6) is -0.0307. The average Bonchev–Trinajstić information content (AvgIpc) is 3.82. The van der Waals surface area contributed by atoms with Crippen LogP contribution < -0.4 is 4.74 Å². The largest absolute Gasteiger partial charge is 0.497 e. The molecule has 0 radical (unpaired) electrons. The highest BCUT2D eigenvalue weighted by molar-refractivity contribution is 5.99. The first kappa shape index (κ1) is 45.3. The fraction of sp³-hybridized carbons (Fsp3) is 0.750. The van der Waals surface area contributed by atoms with Crippen LogP contribution in [0.25, 0.3) is 5.57 Å². The lowest BCUT2D eigenvalue weighted by Crippen LogP contribution is -2.59. The van der Waals surface area contributed by atoms with Gasteiger partial charge in [0.1, 0.15) is 30.2 Å². The van der Waals surface area contributed by atoms with Crippen molar-refractivity contribution in [2.24, 2.45) is 35.5 Å². The van der Waals surface area contributed by atoms with E-state index < -0.39 is 18.3 Å². The number of ketones is 1. The number of carbonyl (C=O) groups excluding carboxylic acids is 2. The van der Waals surface area contributed by atoms with E-state index in [-0.39, 0.29) is 96.8 Å². The van der Waals surface area contributed by atoms with Gasteiger partial charge in [-0.25, -0.2) is 0 Å². The second kappa shape index (κ2) is 19.8. The van der Waals surface area contributed by atoms with Gasteiger partial charge in [0.2, 0.25) is 0 Å². The lowest BCUT2D eigenvalue weighted by atomic mass is 9.65. The van der Waals surface area contributed by atoms with Gasteiger partial charge in [0.05, 0.1) is 37.9 Å². The standard InChI is InChI=1S/C48H71NO11/c1-11-31-15-13-17-40(60-42-19-18-39(49(5)6)27(3)56-42)26(2)44(51)38-24-36-34-23-33(59-48-47(55-10)46(54-9)45(53-8)28(4)57-48)21-30(34)22-35(29-14-12-16-32(20-29)52-7)43(36)37(38)25-41(50)58-31/h12,14,16,20,22,24,26-28,30-31,33-34,36-37,39-40,42-43,45-48H,11,13,15,17-19,21,23,25H2,1-10H3/t26-,27?,28?,30?,31+,33-,34-,36+,37-,39+,40+,42+,43?,45+,46?,47+,48+/m1/s1. The molecule has 3 saturated heterocycles. The summed E-state index contributed by atoms with van der Waals surface area (Å²) >= 11 is 0. The summed E-state index contributed by atoms with van der Waals surface area (Å²) in [5, 5.41) is 0. The number of allylic oxidation sites excluding steroid dienone is 4. The van der Waals surface area contributed by atoms with E-state index in [1.165, 1.54) is 0 Å². The number of nitrogens with zero attached hydrogens (tertiary/aromatic N) is 1. The first-order valence-corrected chi connectivity index (χ1v) is 22.6. The molecular formula is C48H71NO11. The monoisotopic (exact) mass is 838 g/mol. The lowest BCUT2D eigenvalue weighted by molar-refractivity contribution is -0.314. The van der Waals surface area contributed by atoms with Crippen LogP contribution in [0.15, 0.2) is 42.0 Å². The molecule has 7 rings (SSSR count). The van der Waals surface area contributed by atoms with Gasteiger partial charge >= 0.3 is 5.97 Å². The van der Waals surface area contributed by atoms with Crippen molar-refractivity contribution in [2.75, 3.05) is 42.5 Å². The molecule has 0 amide bonds. The Morgan fingerprint density at radius 1 is 0.817 bits per heavy atom. The number of methoxy groups -OCH3 is 4. The van der Waals surface area contributed by atoms with Crippen LogP contribution in [0.2, 0.25) is 0 Å². The van der Waals surface area contributed by atoms with Crippen molar-refractivity contribution in [3.63, 3.8) is 0 Å². The summed E-state index contributed by atoms with van der Waals surface area (Å²) in [7, 11) is 10.8. The maximum absolute atomic E-state index is 15.2. The molecule has 334 valence electrons. The Labute approximate surface area is 357 Å². The minimum atomic E-state index is -0.647. The van der Waals surface area contributed by atoms with E-state index in [1.54, 1.807) is 28.4 Å². The number of Topliss-reactive ketones (excluding diaryl/α,β-unsaturated/α-hetero) is 1. The Hall–Kier alpha value is -2.68. The Morgan fingerprint density at radius 2 is 1.58 bits per heavy atom. The molecule has 12 nitrogen and oxygen atoms in total. The number of hydrogen-bond acceptors (Lipinski definition) is 12. The van der Waals surface area contributed by atoms with Gasteiger partial charge in [-0.2, -0.15) is 0 Å². The van der Waals surface area contributed by atoms with Crippen molar-refractivity contribution < 1.29 is 52.2 Å². The summed E-state index contributed by atoms with van der Waals surface area (Å²) in [6.45, 7) is 8.17. The molecule has 0 bridgehead atoms. The van der Waals surface area contributed by atoms with E-state index >= 15 is 4.79 Å². The number of esters is 1. The zero-order chi connectivity index (χ0) is 42.8. The van der Waals surface area contributed by atoms with E-state index in [0.29, 0.717) is 12.5 Å². The number of hydrogen-bond donors (Lipinski definition) is 0. The molecule has 3 aliphatic carbocycles. The molecule has 0 aromatic heterocycles. The summed E-state index contributed by atoms with van der Waals surface area (Å²) in [6, 6.07) is 8.46. The number of fused-ring (bicyclic) bond motifs is 5. The SMILES string of the molecule is CC[C@H]1CCC[C@H](O[C@H]2CC[C@H](N(C)C)C(C)O2)[C@@H](C)C(=O)C2=C[C@@H]3C(C(c4cccc(OC)c4)=CC4C[C@@H](O[C@@H]5OC(C)[C@H](OC)C(OC)[C@@H]5OC)C[C@H]43)[C@@H]2CC(=O)O1. The summed E-state index contributed by atoms with van der Waals surface area (Å²) in [4.78, 5) is 31.4. The van der Waals surface area contributed by atoms with Crippen LogP contribution in [0.4, 0.5) is 0 Å². The maximum atomic E-state index is 15.2. The Kier molecular flexibility index (Phi) is 15.0. The van der Waals surface area contributed by atoms with E-state index in [0.717, 1.165) is 67.4 Å². The van der Waals surface area contributed by atoms with E-state index in [2.05, 4.69) is 57.1 Å². The van der Waals surface area contributed by atoms with Gasteiger partial charge in [0, 0.05) is 39.2 Å². The second-order valence-corrected chi connectivity index (χ2v) is 18.4. The smallest absolute Gasteiger partial charge is 0.306 e. The second-order valence-electron chi connectivity index (χ2n) is 18.4. The maximum Gasteiger partial charge on any atom is 0.306 e. The average molecular weight is 838 g/mol. The highest BCUT2D eigenvalue weighted by Gasteiger charge is 2.55. The minimum absolute atomic E-state index is 0.00951. The third-order valence-corrected chi connectivity index (χ3v) is 14.8. The first-order valence-electron chi connectivity index (χ1n) is 22.6. The van der Waals surface area contributed by atoms with Gasteiger partial charge in [-0.15, -0.1) is 0 Å². The Morgan fingerprint density at radius 3 is 2.27 bits per heavy atom. The molecule has 0 spiro atoms. The molecule has 6 aliphatic rings. The van der Waals surface area contributed by atoms with Crippen LogP contribution in [0.1, 0.15) is 91.0 Å². The van der Waals surface area contributed by atoms with Gasteiger partial charge in [-0.1, -0.05) is 38.1 Å². The number of carbonyl (C=O) groups is 2. The highest BCUT2D eigenvalue weighted by atomic mass is 16.7. The molecule has 1 aromatic carbocycles. The molecule has 1 saturated carbocycles. The third-order valence-electron chi connectivity index (χ3n) is 14.8. The minimum Gasteiger partial charge on any atom is -0.497 e. The zero-order valence-corrected chi connectivity index (χ0v) is 37.6. The molecule has 17 atom stereocenters. The topological polar surface area (TPSA) is 120 Å². The highest BCUT2D eigenvalue weighted by Crippen LogP contribution is 2.59. The van der Waals surface area contributed by atoms with Crippen LogP contribution in [0, 0.1) is 35.5 Å². The Balaban J connectivity index is 1.22. The summed E-state index contributed by atoms with van der Waals surface area (Å²) in [5.41, 5.74) is 2.89. The zero-order valence-electron chi connectivity index (χ0n) is 37.6. The van der Waals surface area contributed by atoms with Crippen LogP contribution in [0.3, 0.4) is 0 Å². The molecule has 4 fully saturated rings. The Bertz CT molecular complexity index is 1700. The molecule has 1 aromatic rings. The van der Waals surface area contributed by atoms with Gasteiger partial charge in [0.15, 0.2) is 18.4 Å². The van der Waals surface area contributed by atoms with Crippen LogP contribution in [-0.2, 0) is 47.5 Å². The fourth-order valence-corrected chi connectivity index (χ4v) is 11.6.